The van der Waals surface area contributed by atoms with E-state index < -0.39 is 0 Å². The molecule has 1 N–H and O–H groups in total. The molecule has 4 nitrogen and oxygen atoms in total. The predicted octanol–water partition coefficient (Wildman–Crippen LogP) is -0.0554. The van der Waals surface area contributed by atoms with Gasteiger partial charge < -0.3 is 22.3 Å². The zero-order valence-corrected chi connectivity index (χ0v) is 14.7. The van der Waals surface area contributed by atoms with Crippen LogP contribution in [-0.4, -0.2) is 10.9 Å². The largest absolute Gasteiger partial charge is 1.00 e. The number of hydrogen-bond acceptors (Lipinski definition) is 2. The van der Waals surface area contributed by atoms with E-state index in [0.29, 0.717) is 12.2 Å². The van der Waals surface area contributed by atoms with Crippen LogP contribution in [0.15, 0.2) is 53.4 Å². The van der Waals surface area contributed by atoms with Crippen LogP contribution < -0.4 is 26.9 Å². The zero-order valence-electron chi connectivity index (χ0n) is 11.5. The van der Waals surface area contributed by atoms with Gasteiger partial charge in [-0.2, -0.15) is 0 Å². The molecule has 112 valence electrons. The number of nitrogens with zero attached hydrogens (tertiary/aromatic N) is 2. The number of amides is 1. The van der Waals surface area contributed by atoms with Gasteiger partial charge >= 0.3 is 0 Å². The summed E-state index contributed by atoms with van der Waals surface area (Å²) in [6.45, 7) is 0.935. The van der Waals surface area contributed by atoms with Crippen molar-refractivity contribution >= 4 is 27.7 Å². The minimum Gasteiger partial charge on any atom is -1.00 e. The number of pyridine rings is 2. The molecule has 0 unspecified atom stereocenters. The Kier molecular flexibility index (Phi) is 8.15. The predicted molar refractivity (Wildman–Crippen MR) is 81.1 cm³/mol. The smallest absolute Gasteiger partial charge is 0.225 e. The lowest BCUT2D eigenvalue weighted by atomic mass is 10.2. The molecule has 2 aromatic rings. The Morgan fingerprint density at radius 3 is 2.62 bits per heavy atom. The van der Waals surface area contributed by atoms with Crippen LogP contribution in [0, 0.1) is 0 Å². The number of hydrogen-bond donors (Lipinski definition) is 1. The van der Waals surface area contributed by atoms with Crippen LogP contribution in [-0.2, 0) is 11.3 Å². The fourth-order valence-electron chi connectivity index (χ4n) is 1.82. The van der Waals surface area contributed by atoms with Crippen LogP contribution in [0.3, 0.4) is 0 Å². The summed E-state index contributed by atoms with van der Waals surface area (Å²) in [5, 5.41) is 2.79. The van der Waals surface area contributed by atoms with Crippen molar-refractivity contribution in [1.29, 1.82) is 0 Å². The summed E-state index contributed by atoms with van der Waals surface area (Å²) in [7, 11) is 0. The van der Waals surface area contributed by atoms with E-state index in [4.69, 9.17) is 0 Å². The summed E-state index contributed by atoms with van der Waals surface area (Å²) in [4.78, 5) is 15.9. The SMILES string of the molecule is O=C(CCCC[n+]1ccccc1)Nc1ccc(Br)cn1.[Br-]. The Morgan fingerprint density at radius 1 is 1.19 bits per heavy atom. The van der Waals surface area contributed by atoms with Crippen molar-refractivity contribution in [1.82, 2.24) is 4.98 Å². The average molecular weight is 415 g/mol. The van der Waals surface area contributed by atoms with Crippen molar-refractivity contribution in [2.75, 3.05) is 5.32 Å². The highest BCUT2D eigenvalue weighted by Crippen LogP contribution is 2.10. The van der Waals surface area contributed by atoms with Crippen molar-refractivity contribution in [3.63, 3.8) is 0 Å². The summed E-state index contributed by atoms with van der Waals surface area (Å²) in [6.07, 6.45) is 8.10. The Hall–Kier alpha value is -1.27. The third kappa shape index (κ3) is 6.82. The van der Waals surface area contributed by atoms with E-state index >= 15 is 0 Å². The van der Waals surface area contributed by atoms with E-state index in [1.807, 2.05) is 36.7 Å². The lowest BCUT2D eigenvalue weighted by Crippen LogP contribution is -3.00. The number of aryl methyl sites for hydroxylation is 1. The molecule has 0 aromatic carbocycles. The lowest BCUT2D eigenvalue weighted by Gasteiger charge is -2.03. The first-order chi connectivity index (χ1) is 9.74. The van der Waals surface area contributed by atoms with E-state index in [1.165, 1.54) is 0 Å². The molecule has 0 fully saturated rings. The number of rotatable bonds is 6. The molecule has 2 aromatic heterocycles. The van der Waals surface area contributed by atoms with Crippen LogP contribution in [0.5, 0.6) is 0 Å². The maximum absolute atomic E-state index is 11.7. The number of unbranched alkanes of at least 4 members (excludes halogenated alkanes) is 1. The van der Waals surface area contributed by atoms with E-state index in [2.05, 4.69) is 30.8 Å². The zero-order chi connectivity index (χ0) is 14.2. The molecular weight excluding hydrogens is 398 g/mol. The van der Waals surface area contributed by atoms with Crippen molar-refractivity contribution < 1.29 is 26.3 Å². The number of carbonyl (C=O) groups excluding carboxylic acids is 1. The van der Waals surface area contributed by atoms with Gasteiger partial charge in [-0.1, -0.05) is 6.07 Å². The van der Waals surface area contributed by atoms with Gasteiger partial charge in [0, 0.05) is 35.6 Å². The minimum atomic E-state index is 0. The Labute approximate surface area is 143 Å². The molecule has 0 spiro atoms. The maximum atomic E-state index is 11.7. The summed E-state index contributed by atoms with van der Waals surface area (Å²) in [5.74, 6) is 0.605. The maximum Gasteiger partial charge on any atom is 0.225 e. The summed E-state index contributed by atoms with van der Waals surface area (Å²) in [5.41, 5.74) is 0. The second kappa shape index (κ2) is 9.63. The molecule has 2 heterocycles. The molecule has 0 atom stereocenters. The first-order valence-electron chi connectivity index (χ1n) is 6.59. The molecule has 1 amide bonds. The molecule has 6 heteroatoms. The molecular formula is C15H17Br2N3O. The van der Waals surface area contributed by atoms with Crippen LogP contribution in [0.4, 0.5) is 5.82 Å². The summed E-state index contributed by atoms with van der Waals surface area (Å²) in [6, 6.07) is 9.64. The topological polar surface area (TPSA) is 45.9 Å². The number of anilines is 1. The van der Waals surface area contributed by atoms with E-state index in [0.717, 1.165) is 23.9 Å². The standard InChI is InChI=1S/C15H16BrN3O.BrH/c16-13-7-8-14(17-12-13)18-15(20)6-2-5-11-19-9-3-1-4-10-19;/h1,3-4,7-10,12H,2,5-6,11H2;1H. The third-order valence-electron chi connectivity index (χ3n) is 2.84. The van der Waals surface area contributed by atoms with Crippen LogP contribution >= 0.6 is 15.9 Å². The fourth-order valence-corrected chi connectivity index (χ4v) is 2.05. The van der Waals surface area contributed by atoms with Crippen LogP contribution in [0.2, 0.25) is 0 Å². The van der Waals surface area contributed by atoms with Gasteiger partial charge in [-0.3, -0.25) is 4.79 Å². The monoisotopic (exact) mass is 413 g/mol. The normalized spacial score (nSPS) is 9.76. The first-order valence-corrected chi connectivity index (χ1v) is 7.39. The average Bonchev–Trinajstić information content (AvgIpc) is 2.47. The van der Waals surface area contributed by atoms with Gasteiger partial charge in [-0.15, -0.1) is 0 Å². The fraction of sp³-hybridized carbons (Fsp3) is 0.267. The van der Waals surface area contributed by atoms with Gasteiger partial charge in [0.25, 0.3) is 0 Å². The highest BCUT2D eigenvalue weighted by atomic mass is 79.9. The Bertz CT molecular complexity index is 547. The first kappa shape index (κ1) is 17.8. The van der Waals surface area contributed by atoms with E-state index in [1.54, 1.807) is 12.3 Å². The Balaban J connectivity index is 0.00000220. The highest BCUT2D eigenvalue weighted by molar-refractivity contribution is 9.10. The number of nitrogens with one attached hydrogen (secondary N) is 1. The highest BCUT2D eigenvalue weighted by Gasteiger charge is 2.04. The molecule has 0 saturated carbocycles. The number of aromatic nitrogens is 2. The van der Waals surface area contributed by atoms with Crippen molar-refractivity contribution in [2.45, 2.75) is 25.8 Å². The van der Waals surface area contributed by atoms with Gasteiger partial charge in [0.1, 0.15) is 12.4 Å². The van der Waals surface area contributed by atoms with Gasteiger partial charge in [0.15, 0.2) is 12.4 Å². The second-order valence-corrected chi connectivity index (χ2v) is 5.40. The molecule has 21 heavy (non-hydrogen) atoms. The lowest BCUT2D eigenvalue weighted by molar-refractivity contribution is -0.697. The number of carbonyl (C=O) groups is 1. The molecule has 0 radical (unpaired) electrons. The van der Waals surface area contributed by atoms with E-state index in [9.17, 15) is 4.79 Å². The molecule has 0 bridgehead atoms. The molecule has 2 rings (SSSR count). The molecule has 0 aliphatic heterocycles. The number of halogens is 2. The Morgan fingerprint density at radius 2 is 1.95 bits per heavy atom. The van der Waals surface area contributed by atoms with Crippen molar-refractivity contribution in [3.05, 3.63) is 53.4 Å². The molecule has 0 aliphatic rings. The molecule has 0 aliphatic carbocycles. The van der Waals surface area contributed by atoms with Gasteiger partial charge in [-0.25, -0.2) is 9.55 Å². The second-order valence-electron chi connectivity index (χ2n) is 4.48. The minimum absolute atomic E-state index is 0. The third-order valence-corrected chi connectivity index (χ3v) is 3.31. The quantitative estimate of drug-likeness (QED) is 0.532. The van der Waals surface area contributed by atoms with Gasteiger partial charge in [-0.05, 0) is 34.5 Å². The molecule has 0 saturated heterocycles. The van der Waals surface area contributed by atoms with Gasteiger partial charge in [0.2, 0.25) is 5.91 Å². The van der Waals surface area contributed by atoms with Crippen molar-refractivity contribution in [2.24, 2.45) is 0 Å². The van der Waals surface area contributed by atoms with Crippen molar-refractivity contribution in [3.8, 4) is 0 Å². The van der Waals surface area contributed by atoms with Crippen LogP contribution in [0.25, 0.3) is 0 Å². The van der Waals surface area contributed by atoms with Crippen LogP contribution in [0.1, 0.15) is 19.3 Å². The van der Waals surface area contributed by atoms with E-state index in [-0.39, 0.29) is 22.9 Å². The summed E-state index contributed by atoms with van der Waals surface area (Å²) >= 11 is 3.31. The van der Waals surface area contributed by atoms with Gasteiger partial charge in [0.05, 0.1) is 0 Å². The summed E-state index contributed by atoms with van der Waals surface area (Å²) < 4.78 is 3.02.